The molecule has 3 N–H and O–H groups in total. The Labute approximate surface area is 216 Å². The van der Waals surface area contributed by atoms with Crippen LogP contribution in [-0.4, -0.2) is 48.6 Å². The van der Waals surface area contributed by atoms with Crippen LogP contribution in [0.25, 0.3) is 0 Å². The number of ether oxygens (including phenoxy) is 6. The van der Waals surface area contributed by atoms with Crippen molar-refractivity contribution in [3.8, 4) is 34.5 Å². The highest BCUT2D eigenvalue weighted by Crippen LogP contribution is 2.52. The Hall–Kier alpha value is -4.27. The second-order valence-electron chi connectivity index (χ2n) is 8.58. The lowest BCUT2D eigenvalue weighted by atomic mass is 9.67. The molecule has 4 rings (SSSR count). The number of nitrogens with one attached hydrogen (secondary N) is 1. The second-order valence-corrected chi connectivity index (χ2v) is 8.58. The highest BCUT2D eigenvalue weighted by Gasteiger charge is 2.50. The molecule has 0 bridgehead atoms. The number of carbonyl (C=O) groups excluding carboxylic acids is 1. The molecule has 0 aliphatic carbocycles. The van der Waals surface area contributed by atoms with Gasteiger partial charge in [0.25, 0.3) is 0 Å². The number of amides is 1. The van der Waals surface area contributed by atoms with Gasteiger partial charge in [0.2, 0.25) is 17.4 Å². The maximum absolute atomic E-state index is 13.2. The fraction of sp³-hybridized carbons (Fsp3) is 0.321. The van der Waals surface area contributed by atoms with Crippen LogP contribution in [0.1, 0.15) is 16.7 Å². The fourth-order valence-electron chi connectivity index (χ4n) is 5.14. The molecule has 0 fully saturated rings. The summed E-state index contributed by atoms with van der Waals surface area (Å²) >= 11 is 0. The largest absolute Gasteiger partial charge is 0.493 e. The lowest BCUT2D eigenvalue weighted by Crippen LogP contribution is -2.52. The Bertz CT molecular complexity index is 1190. The number of hydrogen-bond donors (Lipinski definition) is 2. The average molecular weight is 509 g/mol. The van der Waals surface area contributed by atoms with Crippen molar-refractivity contribution in [1.29, 1.82) is 0 Å². The summed E-state index contributed by atoms with van der Waals surface area (Å²) in [7, 11) is 9.25. The minimum atomic E-state index is -1.17. The summed E-state index contributed by atoms with van der Waals surface area (Å²) in [5.74, 6) is 1.42. The number of para-hydroxylation sites is 1. The van der Waals surface area contributed by atoms with Gasteiger partial charge < -0.3 is 39.5 Å². The third-order valence-electron chi connectivity index (χ3n) is 6.88. The lowest BCUT2D eigenvalue weighted by molar-refractivity contribution is -0.123. The predicted molar refractivity (Wildman–Crippen MR) is 139 cm³/mol. The summed E-state index contributed by atoms with van der Waals surface area (Å²) < 4.78 is 33.8. The standard InChI is InChI=1S/C28H32N2O7/c1-32-21-12-17(13-22(33-2)25(21)36-5)28(18-14-23(34-3)26(37-6)24(15-18)35-4)19(27(29)31)11-16-9-7-8-10-20(16)30-28/h7-10,12-15,19,30H,11H2,1-6H3,(H2,29,31). The SMILES string of the molecule is COc1cc(C2(c3cc(OC)c(OC)c(OC)c3)Nc3ccccc3CC2C(N)=O)cc(OC)c1OC. The van der Waals surface area contributed by atoms with E-state index in [2.05, 4.69) is 5.32 Å². The molecule has 0 saturated heterocycles. The summed E-state index contributed by atoms with van der Waals surface area (Å²) in [4.78, 5) is 13.2. The molecule has 1 atom stereocenters. The van der Waals surface area contributed by atoms with Crippen molar-refractivity contribution in [2.45, 2.75) is 12.0 Å². The topological polar surface area (TPSA) is 110 Å². The summed E-state index contributed by atoms with van der Waals surface area (Å²) in [6.07, 6.45) is 0.395. The Kier molecular flexibility index (Phi) is 7.24. The van der Waals surface area contributed by atoms with Crippen LogP contribution in [0.3, 0.4) is 0 Å². The first-order valence-corrected chi connectivity index (χ1v) is 11.6. The van der Waals surface area contributed by atoms with Gasteiger partial charge in [0, 0.05) is 5.69 Å². The van der Waals surface area contributed by atoms with Gasteiger partial charge in [0.05, 0.1) is 48.6 Å². The molecule has 3 aromatic rings. The van der Waals surface area contributed by atoms with Gasteiger partial charge in [-0.3, -0.25) is 4.79 Å². The monoisotopic (exact) mass is 508 g/mol. The zero-order valence-electron chi connectivity index (χ0n) is 21.8. The zero-order chi connectivity index (χ0) is 26.7. The van der Waals surface area contributed by atoms with E-state index in [0.29, 0.717) is 52.0 Å². The zero-order valence-corrected chi connectivity index (χ0v) is 21.8. The van der Waals surface area contributed by atoms with Gasteiger partial charge in [-0.25, -0.2) is 0 Å². The Morgan fingerprint density at radius 2 is 1.19 bits per heavy atom. The number of hydrogen-bond acceptors (Lipinski definition) is 8. The van der Waals surface area contributed by atoms with Crippen molar-refractivity contribution in [2.75, 3.05) is 48.0 Å². The summed E-state index contributed by atoms with van der Waals surface area (Å²) in [6.45, 7) is 0. The molecule has 3 aromatic carbocycles. The number of rotatable bonds is 9. The van der Waals surface area contributed by atoms with Crippen LogP contribution in [0.2, 0.25) is 0 Å². The van der Waals surface area contributed by atoms with Crippen LogP contribution in [-0.2, 0) is 16.8 Å². The van der Waals surface area contributed by atoms with E-state index in [1.807, 2.05) is 48.5 Å². The molecule has 1 heterocycles. The third kappa shape index (κ3) is 4.20. The van der Waals surface area contributed by atoms with Crippen LogP contribution in [0.5, 0.6) is 34.5 Å². The summed E-state index contributed by atoms with van der Waals surface area (Å²) in [5.41, 5.74) is 8.14. The number of nitrogens with two attached hydrogens (primary N) is 1. The van der Waals surface area contributed by atoms with Crippen LogP contribution in [0.4, 0.5) is 5.69 Å². The van der Waals surface area contributed by atoms with Gasteiger partial charge >= 0.3 is 0 Å². The number of benzene rings is 3. The van der Waals surface area contributed by atoms with Crippen molar-refractivity contribution in [3.63, 3.8) is 0 Å². The van der Waals surface area contributed by atoms with Gasteiger partial charge in [-0.1, -0.05) is 18.2 Å². The smallest absolute Gasteiger partial charge is 0.223 e. The first-order valence-electron chi connectivity index (χ1n) is 11.6. The molecule has 0 radical (unpaired) electrons. The Morgan fingerprint density at radius 1 is 0.757 bits per heavy atom. The average Bonchev–Trinajstić information content (AvgIpc) is 2.94. The van der Waals surface area contributed by atoms with Gasteiger partial charge in [-0.05, 0) is 53.4 Å². The van der Waals surface area contributed by atoms with E-state index >= 15 is 0 Å². The molecule has 0 spiro atoms. The van der Waals surface area contributed by atoms with Crippen molar-refractivity contribution in [2.24, 2.45) is 11.7 Å². The van der Waals surface area contributed by atoms with Crippen LogP contribution in [0, 0.1) is 5.92 Å². The molecule has 196 valence electrons. The normalized spacial score (nSPS) is 15.6. The van der Waals surface area contributed by atoms with Crippen LogP contribution >= 0.6 is 0 Å². The molecule has 1 amide bonds. The van der Waals surface area contributed by atoms with Gasteiger partial charge in [-0.2, -0.15) is 0 Å². The number of primary amides is 1. The van der Waals surface area contributed by atoms with E-state index in [1.54, 1.807) is 28.4 Å². The van der Waals surface area contributed by atoms with Crippen molar-refractivity contribution in [3.05, 3.63) is 65.2 Å². The van der Waals surface area contributed by atoms with Crippen molar-refractivity contribution >= 4 is 11.6 Å². The Morgan fingerprint density at radius 3 is 1.57 bits per heavy atom. The van der Waals surface area contributed by atoms with Crippen molar-refractivity contribution in [1.82, 2.24) is 0 Å². The molecule has 1 aliphatic rings. The van der Waals surface area contributed by atoms with E-state index in [4.69, 9.17) is 34.2 Å². The number of carbonyl (C=O) groups is 1. The van der Waals surface area contributed by atoms with Gasteiger partial charge in [0.15, 0.2) is 23.0 Å². The minimum Gasteiger partial charge on any atom is -0.493 e. The fourth-order valence-corrected chi connectivity index (χ4v) is 5.14. The first kappa shape index (κ1) is 25.8. The summed E-state index contributed by atoms with van der Waals surface area (Å²) in [5, 5.41) is 3.65. The van der Waals surface area contributed by atoms with Gasteiger partial charge in [-0.15, -0.1) is 0 Å². The Balaban J connectivity index is 2.14. The van der Waals surface area contributed by atoms with E-state index in [9.17, 15) is 4.79 Å². The number of methoxy groups -OCH3 is 6. The molecule has 1 aliphatic heterocycles. The third-order valence-corrected chi connectivity index (χ3v) is 6.88. The van der Waals surface area contributed by atoms with E-state index in [1.165, 1.54) is 14.2 Å². The number of fused-ring (bicyclic) bond motifs is 1. The van der Waals surface area contributed by atoms with E-state index < -0.39 is 17.4 Å². The molecule has 0 saturated carbocycles. The van der Waals surface area contributed by atoms with Crippen LogP contribution in [0.15, 0.2) is 48.5 Å². The lowest BCUT2D eigenvalue weighted by Gasteiger charge is -2.46. The minimum absolute atomic E-state index is 0.395. The number of anilines is 1. The molecular formula is C28H32N2O7. The predicted octanol–water partition coefficient (Wildman–Crippen LogP) is 3.75. The van der Waals surface area contributed by atoms with E-state index in [0.717, 1.165) is 11.3 Å². The maximum Gasteiger partial charge on any atom is 0.223 e. The van der Waals surface area contributed by atoms with Crippen molar-refractivity contribution < 1.29 is 33.2 Å². The highest BCUT2D eigenvalue weighted by molar-refractivity contribution is 5.84. The molecule has 0 aromatic heterocycles. The highest BCUT2D eigenvalue weighted by atomic mass is 16.5. The van der Waals surface area contributed by atoms with Gasteiger partial charge in [0.1, 0.15) is 5.54 Å². The first-order chi connectivity index (χ1) is 17.9. The second kappa shape index (κ2) is 10.4. The molecular weight excluding hydrogens is 476 g/mol. The van der Waals surface area contributed by atoms with Crippen LogP contribution < -0.4 is 39.5 Å². The molecule has 9 heteroatoms. The molecule has 37 heavy (non-hydrogen) atoms. The van der Waals surface area contributed by atoms with E-state index in [-0.39, 0.29) is 0 Å². The molecule has 1 unspecified atom stereocenters. The quantitative estimate of drug-likeness (QED) is 0.450. The summed E-state index contributed by atoms with van der Waals surface area (Å²) in [6, 6.07) is 15.1. The maximum atomic E-state index is 13.2. The molecule has 9 nitrogen and oxygen atoms in total.